The minimum absolute atomic E-state index is 0.0810. The van der Waals surface area contributed by atoms with Crippen molar-refractivity contribution in [3.05, 3.63) is 0 Å². The van der Waals surface area contributed by atoms with E-state index in [2.05, 4.69) is 27.4 Å². The number of hydrogen-bond donors (Lipinski definition) is 2. The van der Waals surface area contributed by atoms with Crippen molar-refractivity contribution >= 4 is 15.8 Å². The van der Waals surface area contributed by atoms with Crippen LogP contribution in [0.4, 0.5) is 0 Å². The van der Waals surface area contributed by atoms with E-state index < -0.39 is 9.84 Å². The Labute approximate surface area is 142 Å². The summed E-state index contributed by atoms with van der Waals surface area (Å²) in [6.45, 7) is 11.2. The number of piperidine rings is 1. The maximum absolute atomic E-state index is 11.2. The predicted octanol–water partition coefficient (Wildman–Crippen LogP) is 1.10. The summed E-state index contributed by atoms with van der Waals surface area (Å²) in [6.07, 6.45) is 4.49. The topological polar surface area (TPSA) is 73.8 Å². The first-order valence-corrected chi connectivity index (χ1v) is 10.8. The van der Waals surface area contributed by atoms with Crippen LogP contribution in [0.25, 0.3) is 0 Å². The van der Waals surface area contributed by atoms with Gasteiger partial charge in [0.2, 0.25) is 0 Å². The van der Waals surface area contributed by atoms with E-state index in [0.29, 0.717) is 6.42 Å². The molecule has 2 N–H and O–H groups in total. The molecule has 0 bridgehead atoms. The molecule has 0 amide bonds. The number of hydrogen-bond acceptors (Lipinski definition) is 4. The smallest absolute Gasteiger partial charge is 0.191 e. The predicted molar refractivity (Wildman–Crippen MR) is 97.7 cm³/mol. The van der Waals surface area contributed by atoms with Gasteiger partial charge in [0.05, 0.1) is 12.3 Å². The van der Waals surface area contributed by atoms with Crippen molar-refractivity contribution in [1.82, 2.24) is 15.5 Å². The van der Waals surface area contributed by atoms with E-state index in [1.54, 1.807) is 0 Å². The number of nitrogens with zero attached hydrogens (tertiary/aromatic N) is 2. The number of nitrogens with one attached hydrogen (secondary N) is 2. The van der Waals surface area contributed by atoms with Crippen molar-refractivity contribution in [2.75, 3.05) is 44.7 Å². The molecule has 0 spiro atoms. The normalized spacial score (nSPS) is 21.9. The van der Waals surface area contributed by atoms with E-state index in [-0.39, 0.29) is 11.8 Å². The van der Waals surface area contributed by atoms with E-state index in [1.165, 1.54) is 32.2 Å². The molecule has 0 aromatic carbocycles. The molecule has 1 saturated heterocycles. The minimum atomic E-state index is -2.91. The van der Waals surface area contributed by atoms with Crippen LogP contribution in [0.5, 0.6) is 0 Å². The lowest BCUT2D eigenvalue weighted by molar-refractivity contribution is 0.189. The van der Waals surface area contributed by atoms with Gasteiger partial charge in [-0.3, -0.25) is 4.99 Å². The summed E-state index contributed by atoms with van der Waals surface area (Å²) in [4.78, 5) is 7.10. The fourth-order valence-electron chi connectivity index (χ4n) is 2.81. The van der Waals surface area contributed by atoms with Crippen LogP contribution in [0, 0.1) is 5.92 Å². The molecule has 1 fully saturated rings. The number of sulfone groups is 1. The van der Waals surface area contributed by atoms with Crippen LogP contribution in [-0.4, -0.2) is 70.1 Å². The third kappa shape index (κ3) is 9.81. The standard InChI is InChI=1S/C16H34N4O2S/c1-5-17-16(19-15(3)8-12-23(4,21)22)18-9-11-20-10-6-7-14(2)13-20/h14-15H,5-13H2,1-4H3,(H2,17,18,19). The Morgan fingerprint density at radius 1 is 1.43 bits per heavy atom. The summed E-state index contributed by atoms with van der Waals surface area (Å²) >= 11 is 0. The molecular formula is C16H34N4O2S. The zero-order valence-electron chi connectivity index (χ0n) is 15.1. The number of aliphatic imine (C=N–C) groups is 1. The molecule has 2 atom stereocenters. The molecule has 6 nitrogen and oxygen atoms in total. The summed E-state index contributed by atoms with van der Waals surface area (Å²) in [7, 11) is -2.91. The molecule has 0 aromatic heterocycles. The van der Waals surface area contributed by atoms with Crippen molar-refractivity contribution in [3.63, 3.8) is 0 Å². The van der Waals surface area contributed by atoms with Crippen LogP contribution in [0.2, 0.25) is 0 Å². The molecule has 1 aliphatic heterocycles. The highest BCUT2D eigenvalue weighted by Crippen LogP contribution is 2.14. The van der Waals surface area contributed by atoms with Gasteiger partial charge in [-0.2, -0.15) is 0 Å². The zero-order valence-corrected chi connectivity index (χ0v) is 16.0. The third-order valence-electron chi connectivity index (χ3n) is 4.08. The highest BCUT2D eigenvalue weighted by atomic mass is 32.2. The Hall–Kier alpha value is -0.820. The zero-order chi connectivity index (χ0) is 17.3. The van der Waals surface area contributed by atoms with Crippen LogP contribution in [0.1, 0.15) is 40.0 Å². The molecule has 2 unspecified atom stereocenters. The van der Waals surface area contributed by atoms with Gasteiger partial charge >= 0.3 is 0 Å². The van der Waals surface area contributed by atoms with Gasteiger partial charge in [0.15, 0.2) is 5.96 Å². The number of likely N-dealkylation sites (tertiary alicyclic amines) is 1. The summed E-state index contributed by atoms with van der Waals surface area (Å²) < 4.78 is 22.5. The molecule has 0 radical (unpaired) electrons. The summed E-state index contributed by atoms with van der Waals surface area (Å²) in [5, 5.41) is 6.52. The SMILES string of the molecule is CCNC(=NCCN1CCCC(C)C1)NC(C)CCS(C)(=O)=O. The molecular weight excluding hydrogens is 312 g/mol. The first kappa shape index (κ1) is 20.2. The van der Waals surface area contributed by atoms with Crippen LogP contribution >= 0.6 is 0 Å². The van der Waals surface area contributed by atoms with Crippen LogP contribution < -0.4 is 10.6 Å². The molecule has 7 heteroatoms. The summed E-state index contributed by atoms with van der Waals surface area (Å²) in [5.41, 5.74) is 0. The summed E-state index contributed by atoms with van der Waals surface area (Å²) in [6, 6.07) is 0.0810. The maximum Gasteiger partial charge on any atom is 0.191 e. The van der Waals surface area contributed by atoms with Crippen LogP contribution in [-0.2, 0) is 9.84 Å². The lowest BCUT2D eigenvalue weighted by atomic mass is 10.0. The lowest BCUT2D eigenvalue weighted by Gasteiger charge is -2.30. The fourth-order valence-corrected chi connectivity index (χ4v) is 3.59. The van der Waals surface area contributed by atoms with Crippen LogP contribution in [0.3, 0.4) is 0 Å². The Morgan fingerprint density at radius 3 is 2.78 bits per heavy atom. The van der Waals surface area contributed by atoms with E-state index >= 15 is 0 Å². The second kappa shape index (κ2) is 10.1. The van der Waals surface area contributed by atoms with Gasteiger partial charge in [-0.25, -0.2) is 8.42 Å². The molecule has 0 aromatic rings. The van der Waals surface area contributed by atoms with Gasteiger partial charge in [-0.15, -0.1) is 0 Å². The van der Waals surface area contributed by atoms with E-state index in [0.717, 1.165) is 31.5 Å². The van der Waals surface area contributed by atoms with Crippen molar-refractivity contribution in [1.29, 1.82) is 0 Å². The van der Waals surface area contributed by atoms with Gasteiger partial charge in [0, 0.05) is 31.9 Å². The Morgan fingerprint density at radius 2 is 2.17 bits per heavy atom. The monoisotopic (exact) mass is 346 g/mol. The highest BCUT2D eigenvalue weighted by molar-refractivity contribution is 7.90. The molecule has 1 aliphatic rings. The molecule has 23 heavy (non-hydrogen) atoms. The first-order chi connectivity index (χ1) is 10.8. The van der Waals surface area contributed by atoms with E-state index in [1.807, 2.05) is 13.8 Å². The van der Waals surface area contributed by atoms with Crippen molar-refractivity contribution in [3.8, 4) is 0 Å². The van der Waals surface area contributed by atoms with Gasteiger partial charge in [-0.05, 0) is 45.6 Å². The molecule has 0 saturated carbocycles. The largest absolute Gasteiger partial charge is 0.357 e. The lowest BCUT2D eigenvalue weighted by Crippen LogP contribution is -2.43. The van der Waals surface area contributed by atoms with Gasteiger partial charge in [-0.1, -0.05) is 6.92 Å². The quantitative estimate of drug-likeness (QED) is 0.508. The number of guanidine groups is 1. The Bertz CT molecular complexity index is 465. The first-order valence-electron chi connectivity index (χ1n) is 8.75. The van der Waals surface area contributed by atoms with Crippen molar-refractivity contribution in [2.24, 2.45) is 10.9 Å². The number of rotatable bonds is 8. The Balaban J connectivity index is 2.39. The molecule has 0 aliphatic carbocycles. The second-order valence-corrected chi connectivity index (χ2v) is 9.03. The minimum Gasteiger partial charge on any atom is -0.357 e. The summed E-state index contributed by atoms with van der Waals surface area (Å²) in [5.74, 6) is 1.76. The fraction of sp³-hybridized carbons (Fsp3) is 0.938. The van der Waals surface area contributed by atoms with E-state index in [9.17, 15) is 8.42 Å². The average molecular weight is 347 g/mol. The average Bonchev–Trinajstić information content (AvgIpc) is 2.45. The van der Waals surface area contributed by atoms with Gasteiger partial charge in [0.1, 0.15) is 9.84 Å². The van der Waals surface area contributed by atoms with Gasteiger partial charge < -0.3 is 15.5 Å². The van der Waals surface area contributed by atoms with Crippen molar-refractivity contribution in [2.45, 2.75) is 46.1 Å². The van der Waals surface area contributed by atoms with Gasteiger partial charge in [0.25, 0.3) is 0 Å². The molecule has 1 rings (SSSR count). The van der Waals surface area contributed by atoms with Crippen LogP contribution in [0.15, 0.2) is 4.99 Å². The van der Waals surface area contributed by atoms with Crippen molar-refractivity contribution < 1.29 is 8.42 Å². The third-order valence-corrected chi connectivity index (χ3v) is 5.05. The van der Waals surface area contributed by atoms with E-state index in [4.69, 9.17) is 0 Å². The molecule has 1 heterocycles. The molecule has 136 valence electrons. The Kier molecular flexibility index (Phi) is 8.91. The maximum atomic E-state index is 11.2. The highest BCUT2D eigenvalue weighted by Gasteiger charge is 2.15. The second-order valence-electron chi connectivity index (χ2n) is 6.77.